The van der Waals surface area contributed by atoms with Gasteiger partial charge in [0, 0.05) is 12.6 Å². The van der Waals surface area contributed by atoms with Crippen molar-refractivity contribution in [2.24, 2.45) is 11.7 Å². The Morgan fingerprint density at radius 2 is 2.21 bits per heavy atom. The summed E-state index contributed by atoms with van der Waals surface area (Å²) < 4.78 is 0. The molecule has 0 spiro atoms. The molecule has 0 aromatic carbocycles. The van der Waals surface area contributed by atoms with Gasteiger partial charge in [0.05, 0.1) is 11.5 Å². The lowest BCUT2D eigenvalue weighted by Crippen LogP contribution is -2.37. The van der Waals surface area contributed by atoms with Gasteiger partial charge in [0.1, 0.15) is 5.15 Å². The minimum absolute atomic E-state index is 0.0602. The van der Waals surface area contributed by atoms with Crippen LogP contribution < -0.4 is 10.6 Å². The van der Waals surface area contributed by atoms with E-state index in [4.69, 9.17) is 17.3 Å². The summed E-state index contributed by atoms with van der Waals surface area (Å²) in [5.74, 6) is -0.346. The molecule has 7 nitrogen and oxygen atoms in total. The second-order valence-electron chi connectivity index (χ2n) is 4.47. The van der Waals surface area contributed by atoms with Crippen LogP contribution in [0, 0.1) is 16.0 Å². The minimum atomic E-state index is -0.586. The first-order valence-electron chi connectivity index (χ1n) is 5.65. The van der Waals surface area contributed by atoms with Crippen molar-refractivity contribution in [3.63, 3.8) is 0 Å². The smallest absolute Gasteiger partial charge is 0.311 e. The number of aromatic nitrogens is 1. The molecular formula is C11H15ClN4O3. The van der Waals surface area contributed by atoms with Crippen LogP contribution in [0.1, 0.15) is 13.8 Å². The van der Waals surface area contributed by atoms with Crippen molar-refractivity contribution in [2.45, 2.75) is 13.8 Å². The molecule has 0 aliphatic carbocycles. The summed E-state index contributed by atoms with van der Waals surface area (Å²) in [6, 6.07) is 2.60. The lowest BCUT2D eigenvalue weighted by molar-refractivity contribution is -0.384. The number of amides is 1. The Balaban J connectivity index is 3.22. The molecule has 0 radical (unpaired) electrons. The summed E-state index contributed by atoms with van der Waals surface area (Å²) in [5.41, 5.74) is 4.96. The molecule has 1 aromatic rings. The van der Waals surface area contributed by atoms with Crippen LogP contribution in [0.15, 0.2) is 12.1 Å². The lowest BCUT2D eigenvalue weighted by Gasteiger charge is -2.23. The standard InChI is InChI=1S/C11H15ClN4O3/c1-7(2)5-15(6-10(13)17)11-8(16(18)19)3-4-9(12)14-11/h3-4,7H,5-6H2,1-2H3,(H2,13,17). The number of pyridine rings is 1. The molecule has 2 N–H and O–H groups in total. The summed E-state index contributed by atoms with van der Waals surface area (Å²) in [6.45, 7) is 4.11. The fourth-order valence-electron chi connectivity index (χ4n) is 1.65. The number of halogens is 1. The number of rotatable bonds is 6. The normalized spacial score (nSPS) is 10.5. The molecule has 0 bridgehead atoms. The van der Waals surface area contributed by atoms with Crippen molar-refractivity contribution in [3.8, 4) is 0 Å². The number of nitro groups is 1. The Morgan fingerprint density at radius 3 is 2.68 bits per heavy atom. The van der Waals surface area contributed by atoms with Gasteiger partial charge in [-0.25, -0.2) is 4.98 Å². The average Bonchev–Trinajstić information content (AvgIpc) is 2.26. The molecule has 1 heterocycles. The summed E-state index contributed by atoms with van der Waals surface area (Å²) in [5, 5.41) is 11.1. The molecular weight excluding hydrogens is 272 g/mol. The highest BCUT2D eigenvalue weighted by molar-refractivity contribution is 6.29. The fourth-order valence-corrected chi connectivity index (χ4v) is 1.79. The predicted octanol–water partition coefficient (Wildman–Crippen LogP) is 1.59. The van der Waals surface area contributed by atoms with Crippen LogP contribution in [0.5, 0.6) is 0 Å². The number of nitrogens with zero attached hydrogens (tertiary/aromatic N) is 3. The Labute approximate surface area is 115 Å². The van der Waals surface area contributed by atoms with Crippen molar-refractivity contribution >= 4 is 29.0 Å². The number of carbonyl (C=O) groups is 1. The van der Waals surface area contributed by atoms with Gasteiger partial charge in [-0.3, -0.25) is 14.9 Å². The van der Waals surface area contributed by atoms with E-state index in [9.17, 15) is 14.9 Å². The number of carbonyl (C=O) groups excluding carboxylic acids is 1. The van der Waals surface area contributed by atoms with Crippen LogP contribution in [-0.4, -0.2) is 28.9 Å². The van der Waals surface area contributed by atoms with Crippen LogP contribution in [0.4, 0.5) is 11.5 Å². The highest BCUT2D eigenvalue weighted by atomic mass is 35.5. The van der Waals surface area contributed by atoms with Gasteiger partial charge in [-0.05, 0) is 12.0 Å². The van der Waals surface area contributed by atoms with Gasteiger partial charge in [-0.2, -0.15) is 0 Å². The molecule has 1 amide bonds. The molecule has 0 aliphatic heterocycles. The average molecular weight is 287 g/mol. The molecule has 19 heavy (non-hydrogen) atoms. The van der Waals surface area contributed by atoms with Crippen LogP contribution in [0.2, 0.25) is 5.15 Å². The van der Waals surface area contributed by atoms with Crippen LogP contribution in [-0.2, 0) is 4.79 Å². The van der Waals surface area contributed by atoms with Crippen LogP contribution in [0.25, 0.3) is 0 Å². The van der Waals surface area contributed by atoms with Crippen molar-refractivity contribution in [3.05, 3.63) is 27.4 Å². The number of anilines is 1. The van der Waals surface area contributed by atoms with E-state index >= 15 is 0 Å². The van der Waals surface area contributed by atoms with Gasteiger partial charge in [-0.15, -0.1) is 0 Å². The Bertz CT molecular complexity index is 493. The molecule has 0 unspecified atom stereocenters. The molecule has 0 fully saturated rings. The topological polar surface area (TPSA) is 102 Å². The van der Waals surface area contributed by atoms with Crippen molar-refractivity contribution in [2.75, 3.05) is 18.0 Å². The predicted molar refractivity (Wildman–Crippen MR) is 72.1 cm³/mol. The zero-order chi connectivity index (χ0) is 14.6. The van der Waals surface area contributed by atoms with E-state index in [2.05, 4.69) is 4.98 Å². The van der Waals surface area contributed by atoms with E-state index in [1.54, 1.807) is 0 Å². The zero-order valence-electron chi connectivity index (χ0n) is 10.7. The van der Waals surface area contributed by atoms with E-state index in [1.165, 1.54) is 17.0 Å². The SMILES string of the molecule is CC(C)CN(CC(N)=O)c1nc(Cl)ccc1[N+](=O)[O-]. The summed E-state index contributed by atoms with van der Waals surface area (Å²) in [4.78, 5) is 26.9. The summed E-state index contributed by atoms with van der Waals surface area (Å²) >= 11 is 5.76. The third-order valence-electron chi connectivity index (χ3n) is 2.25. The van der Waals surface area contributed by atoms with Gasteiger partial charge in [-0.1, -0.05) is 25.4 Å². The number of nitrogens with two attached hydrogens (primary N) is 1. The Kier molecular flexibility index (Phi) is 5.05. The molecule has 1 aromatic heterocycles. The maximum atomic E-state index is 11.1. The summed E-state index contributed by atoms with van der Waals surface area (Å²) in [6.07, 6.45) is 0. The third kappa shape index (κ3) is 4.36. The highest BCUT2D eigenvalue weighted by Gasteiger charge is 2.23. The Hall–Kier alpha value is -1.89. The van der Waals surface area contributed by atoms with Crippen molar-refractivity contribution < 1.29 is 9.72 Å². The maximum absolute atomic E-state index is 11.1. The Morgan fingerprint density at radius 1 is 1.58 bits per heavy atom. The van der Waals surface area contributed by atoms with Crippen LogP contribution in [0.3, 0.4) is 0 Å². The largest absolute Gasteiger partial charge is 0.368 e. The minimum Gasteiger partial charge on any atom is -0.368 e. The monoisotopic (exact) mass is 286 g/mol. The molecule has 0 atom stereocenters. The molecule has 0 saturated carbocycles. The zero-order valence-corrected chi connectivity index (χ0v) is 11.4. The van der Waals surface area contributed by atoms with Gasteiger partial charge in [0.15, 0.2) is 0 Å². The first-order chi connectivity index (χ1) is 8.81. The lowest BCUT2D eigenvalue weighted by atomic mass is 10.2. The summed E-state index contributed by atoms with van der Waals surface area (Å²) in [7, 11) is 0. The van der Waals surface area contributed by atoms with E-state index in [0.717, 1.165) is 0 Å². The quantitative estimate of drug-likeness (QED) is 0.486. The number of hydrogen-bond acceptors (Lipinski definition) is 5. The van der Waals surface area contributed by atoms with Gasteiger partial charge in [0.25, 0.3) is 0 Å². The number of hydrogen-bond donors (Lipinski definition) is 1. The van der Waals surface area contributed by atoms with E-state index < -0.39 is 10.8 Å². The third-order valence-corrected chi connectivity index (χ3v) is 2.46. The highest BCUT2D eigenvalue weighted by Crippen LogP contribution is 2.28. The second kappa shape index (κ2) is 6.33. The van der Waals surface area contributed by atoms with E-state index in [0.29, 0.717) is 6.54 Å². The van der Waals surface area contributed by atoms with E-state index in [1.807, 2.05) is 13.8 Å². The first-order valence-corrected chi connectivity index (χ1v) is 6.03. The van der Waals surface area contributed by atoms with Gasteiger partial charge >= 0.3 is 5.69 Å². The molecule has 8 heteroatoms. The fraction of sp³-hybridized carbons (Fsp3) is 0.455. The molecule has 0 aliphatic rings. The molecule has 104 valence electrons. The first kappa shape index (κ1) is 15.2. The number of primary amides is 1. The van der Waals surface area contributed by atoms with Gasteiger partial charge in [0.2, 0.25) is 11.7 Å². The van der Waals surface area contributed by atoms with E-state index in [-0.39, 0.29) is 29.1 Å². The molecule has 0 saturated heterocycles. The maximum Gasteiger partial charge on any atom is 0.311 e. The van der Waals surface area contributed by atoms with Crippen molar-refractivity contribution in [1.29, 1.82) is 0 Å². The van der Waals surface area contributed by atoms with Crippen molar-refractivity contribution in [1.82, 2.24) is 4.98 Å². The second-order valence-corrected chi connectivity index (χ2v) is 4.86. The van der Waals surface area contributed by atoms with Crippen LogP contribution >= 0.6 is 11.6 Å². The molecule has 1 rings (SSSR count). The van der Waals surface area contributed by atoms with Gasteiger partial charge < -0.3 is 10.6 Å².